The quantitative estimate of drug-likeness (QED) is 0.663. The first-order chi connectivity index (χ1) is 10.2. The maximum atomic E-state index is 12.1. The fourth-order valence-corrected chi connectivity index (χ4v) is 3.45. The molecule has 0 aromatic rings. The van der Waals surface area contributed by atoms with Crippen LogP contribution >= 0.6 is 37.2 Å². The second-order valence-corrected chi connectivity index (χ2v) is 6.54. The fraction of sp³-hybridized carbons (Fsp3) is 0.938. The lowest BCUT2D eigenvalue weighted by Crippen LogP contribution is -2.46. The second-order valence-electron chi connectivity index (χ2n) is 6.54. The van der Waals surface area contributed by atoms with Crippen LogP contribution in [0.1, 0.15) is 39.0 Å². The van der Waals surface area contributed by atoms with Crippen LogP contribution in [0.2, 0.25) is 0 Å². The number of rotatable bonds is 6. The van der Waals surface area contributed by atoms with Crippen LogP contribution < -0.4 is 11.1 Å². The van der Waals surface area contributed by atoms with Crippen molar-refractivity contribution in [3.63, 3.8) is 0 Å². The van der Waals surface area contributed by atoms with E-state index in [0.717, 1.165) is 51.7 Å². The molecule has 0 aromatic heterocycles. The number of nitrogens with zero attached hydrogens (tertiary/aromatic N) is 2. The van der Waals surface area contributed by atoms with E-state index in [-0.39, 0.29) is 55.1 Å². The van der Waals surface area contributed by atoms with Crippen molar-refractivity contribution in [3.8, 4) is 0 Å². The topological polar surface area (TPSA) is 61.6 Å². The van der Waals surface area contributed by atoms with Crippen molar-refractivity contribution in [2.75, 3.05) is 45.8 Å². The summed E-state index contributed by atoms with van der Waals surface area (Å²) >= 11 is 0. The minimum absolute atomic E-state index is 0. The third-order valence-electron chi connectivity index (χ3n) is 4.95. The highest BCUT2D eigenvalue weighted by Gasteiger charge is 2.24. The Morgan fingerprint density at radius 2 is 1.71 bits per heavy atom. The third kappa shape index (κ3) is 9.07. The Morgan fingerprint density at radius 1 is 1.08 bits per heavy atom. The second kappa shape index (κ2) is 14.4. The molecule has 0 spiro atoms. The number of amides is 1. The molecule has 2 rings (SSSR count). The summed E-state index contributed by atoms with van der Waals surface area (Å²) in [6.07, 6.45) is 5.11. The van der Waals surface area contributed by atoms with E-state index in [0.29, 0.717) is 0 Å². The van der Waals surface area contributed by atoms with Crippen molar-refractivity contribution < 1.29 is 4.79 Å². The Bertz CT molecular complexity index is 328. The maximum absolute atomic E-state index is 12.1. The molecule has 1 saturated heterocycles. The van der Waals surface area contributed by atoms with Gasteiger partial charge in [-0.25, -0.2) is 0 Å². The Hall–Kier alpha value is 0.220. The number of likely N-dealkylation sites (N-methyl/N-ethyl adjacent to an activating group) is 1. The van der Waals surface area contributed by atoms with E-state index in [4.69, 9.17) is 5.73 Å². The Labute approximate surface area is 165 Å². The van der Waals surface area contributed by atoms with Gasteiger partial charge in [-0.05, 0) is 38.8 Å². The van der Waals surface area contributed by atoms with Gasteiger partial charge >= 0.3 is 0 Å². The molecule has 2 fully saturated rings. The van der Waals surface area contributed by atoms with Crippen molar-refractivity contribution in [2.24, 2.45) is 11.7 Å². The van der Waals surface area contributed by atoms with E-state index in [1.165, 1.54) is 26.2 Å². The molecule has 3 N–H and O–H groups in total. The molecule has 1 heterocycles. The number of carbonyl (C=O) groups is 1. The van der Waals surface area contributed by atoms with Gasteiger partial charge in [-0.15, -0.1) is 37.2 Å². The monoisotopic (exact) mass is 404 g/mol. The zero-order chi connectivity index (χ0) is 15.1. The van der Waals surface area contributed by atoms with Gasteiger partial charge in [0, 0.05) is 44.7 Å². The Balaban J connectivity index is 0. The number of nitrogens with two attached hydrogens (primary N) is 1. The van der Waals surface area contributed by atoms with Gasteiger partial charge in [0.1, 0.15) is 0 Å². The summed E-state index contributed by atoms with van der Waals surface area (Å²) in [5, 5.41) is 3.10. The predicted molar refractivity (Wildman–Crippen MR) is 108 cm³/mol. The number of hydrogen-bond donors (Lipinski definition) is 2. The molecule has 2 unspecified atom stereocenters. The molecule has 146 valence electrons. The zero-order valence-electron chi connectivity index (χ0n) is 14.7. The largest absolute Gasteiger partial charge is 0.356 e. The van der Waals surface area contributed by atoms with Gasteiger partial charge in [0.25, 0.3) is 0 Å². The first-order valence-corrected chi connectivity index (χ1v) is 8.67. The summed E-state index contributed by atoms with van der Waals surface area (Å²) in [6.45, 7) is 9.99. The number of nitrogens with one attached hydrogen (secondary N) is 1. The molecule has 8 heteroatoms. The van der Waals surface area contributed by atoms with E-state index in [9.17, 15) is 4.79 Å². The summed E-state index contributed by atoms with van der Waals surface area (Å²) in [5.41, 5.74) is 5.95. The van der Waals surface area contributed by atoms with E-state index in [1.54, 1.807) is 0 Å². The molecular weight excluding hydrogens is 371 g/mol. The van der Waals surface area contributed by atoms with Gasteiger partial charge in [-0.1, -0.05) is 13.3 Å². The van der Waals surface area contributed by atoms with Gasteiger partial charge in [0.15, 0.2) is 0 Å². The summed E-state index contributed by atoms with van der Waals surface area (Å²) in [5.74, 6) is 0.378. The molecule has 1 aliphatic heterocycles. The average Bonchev–Trinajstić information content (AvgIpc) is 2.52. The predicted octanol–water partition coefficient (Wildman–Crippen LogP) is 1.91. The van der Waals surface area contributed by atoms with Crippen LogP contribution in [0.5, 0.6) is 0 Å². The Morgan fingerprint density at radius 3 is 2.29 bits per heavy atom. The molecule has 1 amide bonds. The van der Waals surface area contributed by atoms with Crippen LogP contribution in [0, 0.1) is 5.92 Å². The van der Waals surface area contributed by atoms with Crippen LogP contribution in [-0.4, -0.2) is 67.6 Å². The average molecular weight is 406 g/mol. The van der Waals surface area contributed by atoms with Crippen LogP contribution in [0.25, 0.3) is 0 Å². The first-order valence-electron chi connectivity index (χ1n) is 8.67. The lowest BCUT2D eigenvalue weighted by Gasteiger charge is -2.34. The third-order valence-corrected chi connectivity index (χ3v) is 4.95. The molecule has 0 bridgehead atoms. The SMILES string of the molecule is CCN1CCN(CCCNC(=O)C2CCCC(N)C2)CC1.Cl.Cl.Cl. The maximum Gasteiger partial charge on any atom is 0.223 e. The molecule has 24 heavy (non-hydrogen) atoms. The summed E-state index contributed by atoms with van der Waals surface area (Å²) in [7, 11) is 0. The smallest absolute Gasteiger partial charge is 0.223 e. The van der Waals surface area contributed by atoms with Crippen LogP contribution in [0.15, 0.2) is 0 Å². The van der Waals surface area contributed by atoms with Crippen molar-refractivity contribution in [3.05, 3.63) is 0 Å². The molecule has 0 radical (unpaired) electrons. The minimum atomic E-state index is 0. The molecule has 1 aliphatic carbocycles. The van der Waals surface area contributed by atoms with E-state index >= 15 is 0 Å². The normalized spacial score (nSPS) is 24.9. The van der Waals surface area contributed by atoms with Crippen LogP contribution in [-0.2, 0) is 4.79 Å². The van der Waals surface area contributed by atoms with E-state index in [2.05, 4.69) is 22.0 Å². The molecular formula is C16H35Cl3N4O. The molecule has 0 aromatic carbocycles. The number of halogens is 3. The van der Waals surface area contributed by atoms with Gasteiger partial charge in [0.2, 0.25) is 5.91 Å². The van der Waals surface area contributed by atoms with E-state index in [1.807, 2.05) is 0 Å². The highest BCUT2D eigenvalue weighted by Crippen LogP contribution is 2.22. The minimum Gasteiger partial charge on any atom is -0.356 e. The molecule has 5 nitrogen and oxygen atoms in total. The number of carbonyl (C=O) groups excluding carboxylic acids is 1. The zero-order valence-corrected chi connectivity index (χ0v) is 17.2. The van der Waals surface area contributed by atoms with Crippen molar-refractivity contribution in [2.45, 2.75) is 45.1 Å². The van der Waals surface area contributed by atoms with Crippen molar-refractivity contribution >= 4 is 43.1 Å². The van der Waals surface area contributed by atoms with Gasteiger partial charge in [-0.3, -0.25) is 4.79 Å². The van der Waals surface area contributed by atoms with E-state index < -0.39 is 0 Å². The first kappa shape index (κ1) is 26.4. The lowest BCUT2D eigenvalue weighted by atomic mass is 9.85. The standard InChI is InChI=1S/C16H32N4O.3ClH/c1-2-19-9-11-20(12-10-19)8-4-7-18-16(21)14-5-3-6-15(17)13-14;;;/h14-15H,2-13,17H2,1H3,(H,18,21);3*1H. The highest BCUT2D eigenvalue weighted by atomic mass is 35.5. The Kier molecular flexibility index (Phi) is 15.9. The highest BCUT2D eigenvalue weighted by molar-refractivity contribution is 5.86. The number of hydrogen-bond acceptors (Lipinski definition) is 4. The lowest BCUT2D eigenvalue weighted by molar-refractivity contribution is -0.126. The van der Waals surface area contributed by atoms with Gasteiger partial charge in [0.05, 0.1) is 0 Å². The molecule has 2 atom stereocenters. The fourth-order valence-electron chi connectivity index (χ4n) is 3.45. The summed E-state index contributed by atoms with van der Waals surface area (Å²) < 4.78 is 0. The van der Waals surface area contributed by atoms with Gasteiger partial charge in [-0.2, -0.15) is 0 Å². The van der Waals surface area contributed by atoms with Crippen molar-refractivity contribution in [1.82, 2.24) is 15.1 Å². The molecule has 2 aliphatic rings. The number of piperazine rings is 1. The van der Waals surface area contributed by atoms with Gasteiger partial charge < -0.3 is 20.9 Å². The van der Waals surface area contributed by atoms with Crippen molar-refractivity contribution in [1.29, 1.82) is 0 Å². The summed E-state index contributed by atoms with van der Waals surface area (Å²) in [4.78, 5) is 17.1. The summed E-state index contributed by atoms with van der Waals surface area (Å²) in [6, 6.07) is 0.226. The van der Waals surface area contributed by atoms with Crippen LogP contribution in [0.4, 0.5) is 0 Å². The molecule has 1 saturated carbocycles. The van der Waals surface area contributed by atoms with Crippen LogP contribution in [0.3, 0.4) is 0 Å².